The Hall–Kier alpha value is -2.70. The summed E-state index contributed by atoms with van der Waals surface area (Å²) in [6.07, 6.45) is 7.09. The molecule has 3 N–H and O–H groups in total. The first-order valence-corrected chi connectivity index (χ1v) is 12.9. The van der Waals surface area contributed by atoms with Crippen LogP contribution in [-0.4, -0.2) is 45.9 Å². The number of hydrogen-bond donors (Lipinski definition) is 3. The second-order valence-electron chi connectivity index (χ2n) is 11.3. The van der Waals surface area contributed by atoms with E-state index >= 15 is 0 Å². The van der Waals surface area contributed by atoms with Crippen LogP contribution in [0.4, 0.5) is 0 Å². The van der Waals surface area contributed by atoms with Crippen LogP contribution in [0.1, 0.15) is 46.1 Å². The molecular weight excluding hydrogens is 454 g/mol. The molecule has 1 saturated carbocycles. The van der Waals surface area contributed by atoms with Gasteiger partial charge in [0.2, 0.25) is 5.91 Å². The van der Waals surface area contributed by atoms with Gasteiger partial charge in [-0.1, -0.05) is 69.0 Å². The molecule has 6 heteroatoms. The van der Waals surface area contributed by atoms with Crippen molar-refractivity contribution in [3.05, 3.63) is 72.4 Å². The summed E-state index contributed by atoms with van der Waals surface area (Å²) in [6.45, 7) is 11.3. The maximum atomic E-state index is 14.2. The Balaban J connectivity index is 1.92. The highest BCUT2D eigenvalue weighted by atomic mass is 16.5. The van der Waals surface area contributed by atoms with E-state index in [4.69, 9.17) is 4.74 Å². The minimum atomic E-state index is -1.26. The lowest BCUT2D eigenvalue weighted by Crippen LogP contribution is -2.60. The van der Waals surface area contributed by atoms with Crippen molar-refractivity contribution in [2.24, 2.45) is 29.1 Å². The summed E-state index contributed by atoms with van der Waals surface area (Å²) in [4.78, 5) is 26.5. The van der Waals surface area contributed by atoms with Gasteiger partial charge in [0.25, 0.3) is 0 Å². The van der Waals surface area contributed by atoms with Crippen LogP contribution in [0.2, 0.25) is 0 Å². The van der Waals surface area contributed by atoms with E-state index in [-0.39, 0.29) is 29.7 Å². The molecule has 0 bridgehead atoms. The number of aliphatic hydroxyl groups excluding tert-OH is 1. The number of hydrogen-bond acceptors (Lipinski definition) is 5. The van der Waals surface area contributed by atoms with Gasteiger partial charge in [-0.3, -0.25) is 9.59 Å². The van der Waals surface area contributed by atoms with Crippen LogP contribution in [0.5, 0.6) is 0 Å². The molecule has 1 spiro atoms. The van der Waals surface area contributed by atoms with E-state index in [1.807, 2.05) is 49.4 Å². The van der Waals surface area contributed by atoms with Crippen molar-refractivity contribution in [1.82, 2.24) is 5.32 Å². The lowest BCUT2D eigenvalue weighted by Gasteiger charge is -2.52. The zero-order chi connectivity index (χ0) is 26.3. The first-order valence-electron chi connectivity index (χ1n) is 12.9. The molecule has 0 aromatic heterocycles. The van der Waals surface area contributed by atoms with Crippen molar-refractivity contribution in [1.29, 1.82) is 0 Å². The molecule has 2 aliphatic carbocycles. The van der Waals surface area contributed by atoms with Crippen molar-refractivity contribution in [2.45, 2.75) is 70.8 Å². The van der Waals surface area contributed by atoms with Gasteiger partial charge < -0.3 is 20.3 Å². The van der Waals surface area contributed by atoms with Crippen molar-refractivity contribution in [3.8, 4) is 0 Å². The molecule has 6 nitrogen and oxygen atoms in total. The molecule has 0 radical (unpaired) electrons. The van der Waals surface area contributed by atoms with Crippen molar-refractivity contribution in [3.63, 3.8) is 0 Å². The Labute approximate surface area is 214 Å². The van der Waals surface area contributed by atoms with Crippen LogP contribution in [0.25, 0.3) is 0 Å². The lowest BCUT2D eigenvalue weighted by atomic mass is 9.51. The predicted octanol–water partition coefficient (Wildman–Crippen LogP) is 3.74. The second-order valence-corrected chi connectivity index (χ2v) is 11.3. The van der Waals surface area contributed by atoms with Gasteiger partial charge in [0.15, 0.2) is 0 Å². The minimum Gasteiger partial charge on any atom is -0.457 e. The van der Waals surface area contributed by atoms with E-state index < -0.39 is 35.1 Å². The Kier molecular flexibility index (Phi) is 7.31. The van der Waals surface area contributed by atoms with E-state index in [2.05, 4.69) is 18.8 Å². The normalized spacial score (nSPS) is 42.3. The fourth-order valence-corrected chi connectivity index (χ4v) is 6.90. The topological polar surface area (TPSA) is 95.9 Å². The molecule has 1 aromatic rings. The molecule has 1 heterocycles. The summed E-state index contributed by atoms with van der Waals surface area (Å²) in [5.74, 6) is -1.75. The molecule has 1 unspecified atom stereocenters. The van der Waals surface area contributed by atoms with E-state index in [0.717, 1.165) is 5.56 Å². The molecular formula is C30H39NO5. The SMILES string of the molecule is C=C1[C@@H](C)[C@H]2[C@H](Cc3ccccc3)NC(=O)[C@]23[C@H](OC(C)=O)/C=C/[C@](C)(O)CC(C)C/C=C/[C@H]3[C@@H]1O. The zero-order valence-electron chi connectivity index (χ0n) is 21.7. The minimum absolute atomic E-state index is 0.170. The highest BCUT2D eigenvalue weighted by Gasteiger charge is 2.68. The Morgan fingerprint density at radius 3 is 2.58 bits per heavy atom. The summed E-state index contributed by atoms with van der Waals surface area (Å²) < 4.78 is 5.89. The average molecular weight is 494 g/mol. The lowest BCUT2D eigenvalue weighted by molar-refractivity contribution is -0.166. The molecule has 1 aromatic carbocycles. The van der Waals surface area contributed by atoms with Gasteiger partial charge in [-0.05, 0) is 55.2 Å². The number of benzene rings is 1. The average Bonchev–Trinajstić information content (AvgIpc) is 3.08. The van der Waals surface area contributed by atoms with E-state index in [9.17, 15) is 19.8 Å². The number of allylic oxidation sites excluding steroid dienone is 1. The molecule has 194 valence electrons. The van der Waals surface area contributed by atoms with Crippen LogP contribution in [0, 0.1) is 29.1 Å². The fraction of sp³-hybridized carbons (Fsp3) is 0.533. The number of aliphatic hydroxyl groups is 2. The zero-order valence-corrected chi connectivity index (χ0v) is 21.7. The largest absolute Gasteiger partial charge is 0.457 e. The van der Waals surface area contributed by atoms with E-state index in [1.54, 1.807) is 19.1 Å². The summed E-state index contributed by atoms with van der Waals surface area (Å²) in [5, 5.41) is 25.8. The molecule has 3 aliphatic rings. The van der Waals surface area contributed by atoms with Crippen LogP contribution in [0.15, 0.2) is 66.8 Å². The Bertz CT molecular complexity index is 1060. The number of nitrogens with one attached hydrogen (secondary N) is 1. The highest BCUT2D eigenvalue weighted by molar-refractivity contribution is 5.89. The second kappa shape index (κ2) is 9.98. The van der Waals surface area contributed by atoms with Crippen molar-refractivity contribution in [2.75, 3.05) is 0 Å². The van der Waals surface area contributed by atoms with Crippen LogP contribution in [-0.2, 0) is 20.7 Å². The Morgan fingerprint density at radius 2 is 1.92 bits per heavy atom. The van der Waals surface area contributed by atoms with E-state index in [1.165, 1.54) is 6.92 Å². The number of amides is 1. The van der Waals surface area contributed by atoms with Gasteiger partial charge in [-0.2, -0.15) is 0 Å². The van der Waals surface area contributed by atoms with Gasteiger partial charge in [-0.15, -0.1) is 0 Å². The smallest absolute Gasteiger partial charge is 0.303 e. The molecule has 1 saturated heterocycles. The van der Waals surface area contributed by atoms with Crippen LogP contribution >= 0.6 is 0 Å². The van der Waals surface area contributed by atoms with Crippen molar-refractivity contribution < 1.29 is 24.5 Å². The van der Waals surface area contributed by atoms with Gasteiger partial charge in [0.1, 0.15) is 11.5 Å². The van der Waals surface area contributed by atoms with Crippen LogP contribution < -0.4 is 5.32 Å². The van der Waals surface area contributed by atoms with Gasteiger partial charge in [0.05, 0.1) is 11.7 Å². The number of ether oxygens (including phenoxy) is 1. The first-order chi connectivity index (χ1) is 17.0. The predicted molar refractivity (Wildman–Crippen MR) is 139 cm³/mol. The first kappa shape index (κ1) is 26.4. The van der Waals surface area contributed by atoms with E-state index in [0.29, 0.717) is 24.8 Å². The third kappa shape index (κ3) is 4.69. The summed E-state index contributed by atoms with van der Waals surface area (Å²) in [6, 6.07) is 9.73. The number of esters is 1. The molecule has 1 amide bonds. The number of carbonyl (C=O) groups is 2. The monoisotopic (exact) mass is 493 g/mol. The van der Waals surface area contributed by atoms with Gasteiger partial charge >= 0.3 is 5.97 Å². The summed E-state index contributed by atoms with van der Waals surface area (Å²) >= 11 is 0. The van der Waals surface area contributed by atoms with Gasteiger partial charge in [0, 0.05) is 24.8 Å². The summed E-state index contributed by atoms with van der Waals surface area (Å²) in [7, 11) is 0. The maximum Gasteiger partial charge on any atom is 0.303 e. The third-order valence-electron chi connectivity index (χ3n) is 8.43. The van der Waals surface area contributed by atoms with Gasteiger partial charge in [-0.25, -0.2) is 0 Å². The molecule has 4 rings (SSSR count). The quantitative estimate of drug-likeness (QED) is 0.440. The third-order valence-corrected chi connectivity index (χ3v) is 8.43. The summed E-state index contributed by atoms with van der Waals surface area (Å²) in [5.41, 5.74) is -0.635. The highest BCUT2D eigenvalue weighted by Crippen LogP contribution is 2.58. The molecule has 36 heavy (non-hydrogen) atoms. The molecule has 1 aliphatic heterocycles. The molecule has 9 atom stereocenters. The maximum absolute atomic E-state index is 14.2. The molecule has 2 fully saturated rings. The standard InChI is InChI=1S/C30H39NO5/c1-18-10-9-13-23-27(33)20(3)19(2)26-24(16-22-11-7-6-8-12-22)31-28(34)30(23,26)25(36-21(4)32)14-15-29(5,35)17-18/h6-9,11-15,18-19,23-27,33,35H,3,10,16-17H2,1-2,4-5H3,(H,31,34)/b13-9+,15-14+/t18?,19-,23+,24+,25-,26+,27-,29+,30-/m1/s1. The fourth-order valence-electron chi connectivity index (χ4n) is 6.90. The van der Waals surface area contributed by atoms with Crippen molar-refractivity contribution >= 4 is 11.9 Å². The van der Waals surface area contributed by atoms with Crippen LogP contribution in [0.3, 0.4) is 0 Å². The number of rotatable bonds is 3. The number of carbonyl (C=O) groups excluding carboxylic acids is 2. The Morgan fingerprint density at radius 1 is 1.22 bits per heavy atom.